The zero-order chi connectivity index (χ0) is 19.9. The van der Waals surface area contributed by atoms with Crippen molar-refractivity contribution in [1.82, 2.24) is 10.6 Å². The molecule has 2 aromatic rings. The molecule has 6 heteroatoms. The molecule has 0 saturated carbocycles. The molecule has 1 aliphatic heterocycles. The fourth-order valence-corrected chi connectivity index (χ4v) is 3.41. The highest BCUT2D eigenvalue weighted by molar-refractivity contribution is 5.94. The Labute approximate surface area is 167 Å². The molecule has 6 nitrogen and oxygen atoms in total. The molecule has 3 rings (SSSR count). The first kappa shape index (κ1) is 19.7. The largest absolute Gasteiger partial charge is 0.378 e. The Bertz CT molecular complexity index is 829. The molecule has 0 radical (unpaired) electrons. The summed E-state index contributed by atoms with van der Waals surface area (Å²) in [4.78, 5) is 18.4. The highest BCUT2D eigenvalue weighted by Crippen LogP contribution is 2.31. The molecule has 1 atom stereocenters. The van der Waals surface area contributed by atoms with Crippen molar-refractivity contribution in [3.63, 3.8) is 0 Å². The van der Waals surface area contributed by atoms with Crippen molar-refractivity contribution in [2.75, 3.05) is 44.4 Å². The summed E-state index contributed by atoms with van der Waals surface area (Å²) in [7, 11) is 5.85. The maximum absolute atomic E-state index is 12.0. The number of benzene rings is 2. The summed E-state index contributed by atoms with van der Waals surface area (Å²) in [5, 5.41) is 9.66. The van der Waals surface area contributed by atoms with Crippen LogP contribution in [0.15, 0.2) is 53.5 Å². The highest BCUT2D eigenvalue weighted by Gasteiger charge is 2.24. The van der Waals surface area contributed by atoms with Crippen LogP contribution in [0.2, 0.25) is 0 Å². The van der Waals surface area contributed by atoms with Crippen LogP contribution in [0.4, 0.5) is 11.4 Å². The highest BCUT2D eigenvalue weighted by atomic mass is 16.1. The minimum absolute atomic E-state index is 0.0645. The number of carbonyl (C=O) groups excluding carboxylic acids is 1. The van der Waals surface area contributed by atoms with E-state index in [9.17, 15) is 4.79 Å². The van der Waals surface area contributed by atoms with Gasteiger partial charge >= 0.3 is 0 Å². The second kappa shape index (κ2) is 9.26. The van der Waals surface area contributed by atoms with Gasteiger partial charge in [-0.2, -0.15) is 0 Å². The Morgan fingerprint density at radius 3 is 2.61 bits per heavy atom. The first-order valence-corrected chi connectivity index (χ1v) is 9.66. The van der Waals surface area contributed by atoms with Crippen LogP contribution in [0.5, 0.6) is 0 Å². The summed E-state index contributed by atoms with van der Waals surface area (Å²) >= 11 is 0. The Balaban J connectivity index is 1.49. The van der Waals surface area contributed by atoms with Gasteiger partial charge in [0.15, 0.2) is 5.96 Å². The molecule has 0 aromatic heterocycles. The summed E-state index contributed by atoms with van der Waals surface area (Å²) in [6.45, 7) is 1.46. The van der Waals surface area contributed by atoms with E-state index in [2.05, 4.69) is 56.2 Å². The maximum atomic E-state index is 12.0. The quantitative estimate of drug-likeness (QED) is 0.533. The Hall–Kier alpha value is -3.02. The average Bonchev–Trinajstić information content (AvgIpc) is 2.70. The van der Waals surface area contributed by atoms with E-state index in [1.54, 1.807) is 7.05 Å². The number of aliphatic imine (C=N–C) groups is 1. The number of hydrogen-bond acceptors (Lipinski definition) is 3. The summed E-state index contributed by atoms with van der Waals surface area (Å²) < 4.78 is 0. The predicted octanol–water partition coefficient (Wildman–Crippen LogP) is 2.59. The van der Waals surface area contributed by atoms with Crippen LogP contribution in [0.25, 0.3) is 0 Å². The van der Waals surface area contributed by atoms with Crippen molar-refractivity contribution < 1.29 is 4.79 Å². The van der Waals surface area contributed by atoms with Crippen molar-refractivity contribution in [3.05, 3.63) is 59.7 Å². The fraction of sp³-hybridized carbons (Fsp3) is 0.364. The van der Waals surface area contributed by atoms with Crippen LogP contribution < -0.4 is 20.9 Å². The molecular weight excluding hydrogens is 350 g/mol. The van der Waals surface area contributed by atoms with Gasteiger partial charge in [0.1, 0.15) is 0 Å². The van der Waals surface area contributed by atoms with Crippen LogP contribution in [-0.4, -0.2) is 46.1 Å². The minimum atomic E-state index is 0.0645. The SMILES string of the molecule is CN=C(NCCc1ccc(N(C)C)cc1)NCC1CC(=O)Nc2ccccc21. The third kappa shape index (κ3) is 5.03. The molecule has 2 aromatic carbocycles. The number of para-hydroxylation sites is 1. The molecule has 0 spiro atoms. The van der Waals surface area contributed by atoms with Crippen molar-refractivity contribution >= 4 is 23.2 Å². The molecule has 28 heavy (non-hydrogen) atoms. The van der Waals surface area contributed by atoms with Gasteiger partial charge in [0.25, 0.3) is 0 Å². The van der Waals surface area contributed by atoms with Crippen LogP contribution in [0.1, 0.15) is 23.5 Å². The van der Waals surface area contributed by atoms with Crippen molar-refractivity contribution in [2.24, 2.45) is 4.99 Å². The Morgan fingerprint density at radius 1 is 1.14 bits per heavy atom. The van der Waals surface area contributed by atoms with Crippen molar-refractivity contribution in [1.29, 1.82) is 0 Å². The summed E-state index contributed by atoms with van der Waals surface area (Å²) in [6, 6.07) is 16.6. The second-order valence-electron chi connectivity index (χ2n) is 7.23. The third-order valence-electron chi connectivity index (χ3n) is 5.00. The van der Waals surface area contributed by atoms with E-state index < -0.39 is 0 Å². The fourth-order valence-electron chi connectivity index (χ4n) is 3.41. The van der Waals surface area contributed by atoms with Gasteiger partial charge in [0.2, 0.25) is 5.91 Å². The lowest BCUT2D eigenvalue weighted by Gasteiger charge is -2.26. The predicted molar refractivity (Wildman–Crippen MR) is 116 cm³/mol. The van der Waals surface area contributed by atoms with Gasteiger partial charge in [-0.1, -0.05) is 30.3 Å². The van der Waals surface area contributed by atoms with Crippen molar-refractivity contribution in [3.8, 4) is 0 Å². The first-order chi connectivity index (χ1) is 13.6. The molecular formula is C22H29N5O. The molecule has 1 heterocycles. The molecule has 1 amide bonds. The van der Waals surface area contributed by atoms with Crippen LogP contribution in [0.3, 0.4) is 0 Å². The lowest BCUT2D eigenvalue weighted by atomic mass is 9.90. The lowest BCUT2D eigenvalue weighted by molar-refractivity contribution is -0.116. The number of amides is 1. The molecule has 3 N–H and O–H groups in total. The number of hydrogen-bond donors (Lipinski definition) is 3. The number of fused-ring (bicyclic) bond motifs is 1. The number of nitrogens with zero attached hydrogens (tertiary/aromatic N) is 2. The average molecular weight is 380 g/mol. The standard InChI is InChI=1S/C22H29N5O/c1-23-22(24-13-12-16-8-10-18(11-9-16)27(2)3)25-15-17-14-21(28)26-20-7-5-4-6-19(17)20/h4-11,17H,12-15H2,1-3H3,(H,26,28)(H2,23,24,25). The number of rotatable bonds is 6. The van der Waals surface area contributed by atoms with E-state index in [0.29, 0.717) is 13.0 Å². The smallest absolute Gasteiger partial charge is 0.225 e. The van der Waals surface area contributed by atoms with Gasteiger partial charge in [0.05, 0.1) is 0 Å². The summed E-state index contributed by atoms with van der Waals surface area (Å²) in [5.41, 5.74) is 4.57. The van der Waals surface area contributed by atoms with Crippen molar-refractivity contribution in [2.45, 2.75) is 18.8 Å². The summed E-state index contributed by atoms with van der Waals surface area (Å²) in [5.74, 6) is 0.963. The number of carbonyl (C=O) groups is 1. The monoisotopic (exact) mass is 379 g/mol. The van der Waals surface area contributed by atoms with E-state index in [-0.39, 0.29) is 11.8 Å². The maximum Gasteiger partial charge on any atom is 0.225 e. The van der Waals surface area contributed by atoms with E-state index in [1.807, 2.05) is 32.3 Å². The topological polar surface area (TPSA) is 68.8 Å². The Kier molecular flexibility index (Phi) is 6.53. The van der Waals surface area contributed by atoms with Gasteiger partial charge in [-0.3, -0.25) is 9.79 Å². The van der Waals surface area contributed by atoms with Gasteiger partial charge in [0, 0.05) is 57.9 Å². The number of guanidine groups is 1. The molecule has 0 fully saturated rings. The van der Waals surface area contributed by atoms with Crippen LogP contribution in [0, 0.1) is 0 Å². The molecule has 0 aliphatic carbocycles. The molecule has 148 valence electrons. The molecule has 0 saturated heterocycles. The zero-order valence-electron chi connectivity index (χ0n) is 16.8. The van der Waals surface area contributed by atoms with Gasteiger partial charge in [-0.05, 0) is 35.7 Å². The first-order valence-electron chi connectivity index (χ1n) is 9.66. The second-order valence-corrected chi connectivity index (χ2v) is 7.23. The molecule has 1 unspecified atom stereocenters. The third-order valence-corrected chi connectivity index (χ3v) is 5.00. The van der Waals surface area contributed by atoms with E-state index in [1.165, 1.54) is 16.8 Å². The van der Waals surface area contributed by atoms with Gasteiger partial charge in [-0.15, -0.1) is 0 Å². The minimum Gasteiger partial charge on any atom is -0.378 e. The Morgan fingerprint density at radius 2 is 1.89 bits per heavy atom. The summed E-state index contributed by atoms with van der Waals surface area (Å²) in [6.07, 6.45) is 1.41. The van der Waals surface area contributed by atoms with Crippen LogP contribution in [-0.2, 0) is 11.2 Å². The molecule has 0 bridgehead atoms. The lowest BCUT2D eigenvalue weighted by Crippen LogP contribution is -2.41. The van der Waals surface area contributed by atoms with Gasteiger partial charge in [-0.25, -0.2) is 0 Å². The van der Waals surface area contributed by atoms with Gasteiger partial charge < -0.3 is 20.9 Å². The van der Waals surface area contributed by atoms with Crippen LogP contribution >= 0.6 is 0 Å². The zero-order valence-corrected chi connectivity index (χ0v) is 16.8. The van der Waals surface area contributed by atoms with E-state index >= 15 is 0 Å². The number of nitrogens with one attached hydrogen (secondary N) is 3. The van der Waals surface area contributed by atoms with E-state index in [4.69, 9.17) is 0 Å². The number of anilines is 2. The van der Waals surface area contributed by atoms with E-state index in [0.717, 1.165) is 24.6 Å². The normalized spacial score (nSPS) is 16.2. The molecule has 1 aliphatic rings.